The van der Waals surface area contributed by atoms with Gasteiger partial charge in [0, 0.05) is 42.5 Å². The number of halogens is 1. The van der Waals surface area contributed by atoms with Crippen molar-refractivity contribution in [1.29, 1.82) is 0 Å². The maximum absolute atomic E-state index is 12.6. The summed E-state index contributed by atoms with van der Waals surface area (Å²) in [7, 11) is 0. The average Bonchev–Trinajstić information content (AvgIpc) is 2.68. The molecule has 3 rings (SSSR count). The highest BCUT2D eigenvalue weighted by molar-refractivity contribution is 6.30. The molecule has 1 aliphatic heterocycles. The summed E-state index contributed by atoms with van der Waals surface area (Å²) in [4.78, 5) is 29.0. The Morgan fingerprint density at radius 3 is 2.19 bits per heavy atom. The number of anilines is 1. The van der Waals surface area contributed by atoms with E-state index in [-0.39, 0.29) is 11.8 Å². The number of nitrogens with zero attached hydrogens (tertiary/aromatic N) is 2. The van der Waals surface area contributed by atoms with Crippen molar-refractivity contribution < 1.29 is 9.59 Å². The minimum Gasteiger partial charge on any atom is -0.368 e. The van der Waals surface area contributed by atoms with Gasteiger partial charge in [-0.15, -0.1) is 0 Å². The van der Waals surface area contributed by atoms with Gasteiger partial charge >= 0.3 is 0 Å². The summed E-state index contributed by atoms with van der Waals surface area (Å²) in [5.74, 6) is -0.328. The first kappa shape index (κ1) is 18.3. The Hall–Kier alpha value is -2.53. The van der Waals surface area contributed by atoms with E-state index < -0.39 is 6.04 Å². The average molecular weight is 372 g/mol. The van der Waals surface area contributed by atoms with Crippen LogP contribution in [0.1, 0.15) is 17.3 Å². The molecule has 1 N–H and O–H groups in total. The fraction of sp³-hybridized carbons (Fsp3) is 0.300. The van der Waals surface area contributed by atoms with Crippen LogP contribution in [0.15, 0.2) is 54.6 Å². The standard InChI is InChI=1S/C20H22ClN3O2/c1-15(22-19(25)16-7-9-17(21)10-8-16)20(26)24-13-11-23(12-14-24)18-5-3-2-4-6-18/h2-10,15H,11-14H2,1H3,(H,22,25)/t15-/m0/s1. The van der Waals surface area contributed by atoms with Gasteiger partial charge in [-0.25, -0.2) is 0 Å². The molecule has 1 aliphatic rings. The molecular formula is C20H22ClN3O2. The van der Waals surface area contributed by atoms with E-state index in [9.17, 15) is 9.59 Å². The van der Waals surface area contributed by atoms with Gasteiger partial charge in [0.2, 0.25) is 5.91 Å². The first-order valence-corrected chi connectivity index (χ1v) is 9.07. The fourth-order valence-electron chi connectivity index (χ4n) is 3.04. The van der Waals surface area contributed by atoms with Crippen LogP contribution in [0.5, 0.6) is 0 Å². The summed E-state index contributed by atoms with van der Waals surface area (Å²) < 4.78 is 0. The van der Waals surface area contributed by atoms with Crippen LogP contribution in [0.4, 0.5) is 5.69 Å². The van der Waals surface area contributed by atoms with Gasteiger partial charge in [-0.05, 0) is 43.3 Å². The number of para-hydroxylation sites is 1. The molecule has 1 fully saturated rings. The number of piperazine rings is 1. The molecule has 0 unspecified atom stereocenters. The smallest absolute Gasteiger partial charge is 0.251 e. The van der Waals surface area contributed by atoms with Crippen molar-refractivity contribution in [2.45, 2.75) is 13.0 Å². The molecule has 136 valence electrons. The van der Waals surface area contributed by atoms with E-state index in [1.165, 1.54) is 5.69 Å². The SMILES string of the molecule is C[C@H](NC(=O)c1ccc(Cl)cc1)C(=O)N1CCN(c2ccccc2)CC1. The topological polar surface area (TPSA) is 52.7 Å². The highest BCUT2D eigenvalue weighted by Crippen LogP contribution is 2.16. The van der Waals surface area contributed by atoms with Crippen LogP contribution >= 0.6 is 11.6 Å². The Labute approximate surface area is 158 Å². The molecule has 1 atom stereocenters. The molecule has 1 heterocycles. The molecule has 26 heavy (non-hydrogen) atoms. The van der Waals surface area contributed by atoms with Crippen LogP contribution in [-0.4, -0.2) is 48.9 Å². The fourth-order valence-corrected chi connectivity index (χ4v) is 3.17. The van der Waals surface area contributed by atoms with E-state index >= 15 is 0 Å². The Morgan fingerprint density at radius 1 is 0.962 bits per heavy atom. The summed E-state index contributed by atoms with van der Waals surface area (Å²) in [5.41, 5.74) is 1.66. The van der Waals surface area contributed by atoms with Gasteiger partial charge in [0.05, 0.1) is 0 Å². The van der Waals surface area contributed by atoms with Crippen LogP contribution in [0.25, 0.3) is 0 Å². The summed E-state index contributed by atoms with van der Waals surface area (Å²) in [6, 6.07) is 16.2. The molecule has 0 spiro atoms. The maximum Gasteiger partial charge on any atom is 0.251 e. The lowest BCUT2D eigenvalue weighted by atomic mass is 10.2. The van der Waals surface area contributed by atoms with Gasteiger partial charge in [-0.2, -0.15) is 0 Å². The molecule has 2 aromatic rings. The van der Waals surface area contributed by atoms with E-state index in [1.54, 1.807) is 31.2 Å². The Kier molecular flexibility index (Phi) is 5.78. The second-order valence-corrected chi connectivity index (χ2v) is 6.79. The van der Waals surface area contributed by atoms with Crippen LogP contribution in [0.2, 0.25) is 5.02 Å². The molecule has 2 amide bonds. The molecular weight excluding hydrogens is 350 g/mol. The molecule has 1 saturated heterocycles. The van der Waals surface area contributed by atoms with Gasteiger partial charge in [0.15, 0.2) is 0 Å². The minimum absolute atomic E-state index is 0.0555. The van der Waals surface area contributed by atoms with Crippen molar-refractivity contribution >= 4 is 29.1 Å². The van der Waals surface area contributed by atoms with Crippen molar-refractivity contribution in [2.24, 2.45) is 0 Å². The van der Waals surface area contributed by atoms with Crippen molar-refractivity contribution in [2.75, 3.05) is 31.1 Å². The van der Waals surface area contributed by atoms with Crippen LogP contribution in [0, 0.1) is 0 Å². The van der Waals surface area contributed by atoms with Crippen LogP contribution < -0.4 is 10.2 Å². The van der Waals surface area contributed by atoms with Crippen LogP contribution in [0.3, 0.4) is 0 Å². The van der Waals surface area contributed by atoms with E-state index in [2.05, 4.69) is 22.3 Å². The number of amides is 2. The zero-order valence-corrected chi connectivity index (χ0v) is 15.4. The van der Waals surface area contributed by atoms with Crippen molar-refractivity contribution in [3.05, 3.63) is 65.2 Å². The first-order chi connectivity index (χ1) is 12.5. The molecule has 0 saturated carbocycles. The maximum atomic E-state index is 12.6. The van der Waals surface area contributed by atoms with E-state index in [4.69, 9.17) is 11.6 Å². The third-order valence-corrected chi connectivity index (χ3v) is 4.79. The first-order valence-electron chi connectivity index (χ1n) is 8.70. The normalized spacial score (nSPS) is 15.5. The van der Waals surface area contributed by atoms with Gasteiger partial charge < -0.3 is 15.1 Å². The second kappa shape index (κ2) is 8.23. The predicted octanol–water partition coefficient (Wildman–Crippen LogP) is 2.81. The Balaban J connectivity index is 1.53. The van der Waals surface area contributed by atoms with E-state index in [1.807, 2.05) is 23.1 Å². The number of rotatable bonds is 4. The monoisotopic (exact) mass is 371 g/mol. The third-order valence-electron chi connectivity index (χ3n) is 4.54. The van der Waals surface area contributed by atoms with Gasteiger partial charge in [-0.3, -0.25) is 9.59 Å². The number of nitrogens with one attached hydrogen (secondary N) is 1. The zero-order valence-electron chi connectivity index (χ0n) is 14.7. The largest absolute Gasteiger partial charge is 0.368 e. The number of carbonyl (C=O) groups is 2. The molecule has 2 aromatic carbocycles. The summed E-state index contributed by atoms with van der Waals surface area (Å²) in [6.07, 6.45) is 0. The number of hydrogen-bond donors (Lipinski definition) is 1. The predicted molar refractivity (Wildman–Crippen MR) is 104 cm³/mol. The quantitative estimate of drug-likeness (QED) is 0.899. The van der Waals surface area contributed by atoms with Crippen molar-refractivity contribution in [3.63, 3.8) is 0 Å². The summed E-state index contributed by atoms with van der Waals surface area (Å²) >= 11 is 5.83. The highest BCUT2D eigenvalue weighted by atomic mass is 35.5. The van der Waals surface area contributed by atoms with Crippen molar-refractivity contribution in [3.8, 4) is 0 Å². The van der Waals surface area contributed by atoms with Crippen LogP contribution in [-0.2, 0) is 4.79 Å². The van der Waals surface area contributed by atoms with Gasteiger partial charge in [-0.1, -0.05) is 29.8 Å². The lowest BCUT2D eigenvalue weighted by Gasteiger charge is -2.37. The Morgan fingerprint density at radius 2 is 1.58 bits per heavy atom. The molecule has 0 bridgehead atoms. The third kappa shape index (κ3) is 4.35. The molecule has 5 nitrogen and oxygen atoms in total. The zero-order chi connectivity index (χ0) is 18.5. The van der Waals surface area contributed by atoms with E-state index in [0.717, 1.165) is 13.1 Å². The number of carbonyl (C=O) groups excluding carboxylic acids is 2. The van der Waals surface area contributed by atoms with Crippen molar-refractivity contribution in [1.82, 2.24) is 10.2 Å². The summed E-state index contributed by atoms with van der Waals surface area (Å²) in [5, 5.41) is 3.34. The van der Waals surface area contributed by atoms with Gasteiger partial charge in [0.1, 0.15) is 6.04 Å². The molecule has 0 radical (unpaired) electrons. The minimum atomic E-state index is -0.568. The molecule has 6 heteroatoms. The highest BCUT2D eigenvalue weighted by Gasteiger charge is 2.26. The van der Waals surface area contributed by atoms with E-state index in [0.29, 0.717) is 23.7 Å². The Bertz CT molecular complexity index is 756. The lowest BCUT2D eigenvalue weighted by molar-refractivity contribution is -0.133. The van der Waals surface area contributed by atoms with Gasteiger partial charge in [0.25, 0.3) is 5.91 Å². The number of hydrogen-bond acceptors (Lipinski definition) is 3. The molecule has 0 aromatic heterocycles. The lowest BCUT2D eigenvalue weighted by Crippen LogP contribution is -2.54. The molecule has 0 aliphatic carbocycles. The number of benzene rings is 2. The second-order valence-electron chi connectivity index (χ2n) is 6.35. The summed E-state index contributed by atoms with van der Waals surface area (Å²) in [6.45, 7) is 4.59.